The molecule has 140 valence electrons. The maximum atomic E-state index is 14.2. The molecule has 1 N–H and O–H groups in total. The zero-order valence-electron chi connectivity index (χ0n) is 14.7. The number of nitrogens with zero attached hydrogens (tertiary/aromatic N) is 1. The molecule has 0 fully saturated rings. The number of nitrogens with one attached hydrogen (secondary N) is 1. The fraction of sp³-hybridized carbons (Fsp3) is 0.278. The number of rotatable bonds is 6. The number of benzene rings is 2. The maximum absolute atomic E-state index is 14.2. The molecule has 0 radical (unpaired) electrons. The predicted octanol–water partition coefficient (Wildman–Crippen LogP) is 3.97. The highest BCUT2D eigenvalue weighted by molar-refractivity contribution is 7.92. The molecule has 8 heteroatoms. The van der Waals surface area contributed by atoms with Gasteiger partial charge >= 0.3 is 0 Å². The van der Waals surface area contributed by atoms with Crippen molar-refractivity contribution >= 4 is 38.9 Å². The van der Waals surface area contributed by atoms with Gasteiger partial charge in [0.2, 0.25) is 15.9 Å². The number of sulfonamides is 1. The van der Waals surface area contributed by atoms with Crippen LogP contribution in [0, 0.1) is 12.7 Å². The Bertz CT molecular complexity index is 918. The third kappa shape index (κ3) is 4.34. The molecule has 2 rings (SSSR count). The third-order valence-corrected chi connectivity index (χ3v) is 5.52. The van der Waals surface area contributed by atoms with Crippen molar-refractivity contribution in [3.63, 3.8) is 0 Å². The monoisotopic (exact) mass is 398 g/mol. The van der Waals surface area contributed by atoms with E-state index >= 15 is 0 Å². The molecule has 1 atom stereocenters. The zero-order valence-corrected chi connectivity index (χ0v) is 16.2. The molecule has 0 aliphatic rings. The first-order valence-corrected chi connectivity index (χ1v) is 10.2. The fourth-order valence-corrected chi connectivity index (χ4v) is 4.01. The number of amides is 1. The standard InChI is InChI=1S/C18H20ClFN2O3S/c1-4-16(18(23)21-15-10-7-8-13(19)12(15)2)22(26(3,24)25)17-11-6-5-9-14(17)20/h5-11,16H,4H2,1-3H3,(H,21,23)/t16-/m0/s1. The van der Waals surface area contributed by atoms with E-state index in [4.69, 9.17) is 11.6 Å². The average molecular weight is 399 g/mol. The highest BCUT2D eigenvalue weighted by Crippen LogP contribution is 2.27. The fourth-order valence-electron chi connectivity index (χ4n) is 2.62. The van der Waals surface area contributed by atoms with Crippen molar-refractivity contribution in [2.45, 2.75) is 26.3 Å². The van der Waals surface area contributed by atoms with Crippen molar-refractivity contribution < 1.29 is 17.6 Å². The Balaban J connectivity index is 2.44. The summed E-state index contributed by atoms with van der Waals surface area (Å²) in [6.07, 6.45) is 1.10. The molecule has 26 heavy (non-hydrogen) atoms. The van der Waals surface area contributed by atoms with Crippen molar-refractivity contribution in [3.05, 3.63) is 58.9 Å². The van der Waals surface area contributed by atoms with Crippen LogP contribution in [-0.2, 0) is 14.8 Å². The van der Waals surface area contributed by atoms with E-state index in [1.54, 1.807) is 32.0 Å². The molecule has 0 aliphatic heterocycles. The van der Waals surface area contributed by atoms with Crippen LogP contribution in [0.2, 0.25) is 5.02 Å². The van der Waals surface area contributed by atoms with Crippen LogP contribution < -0.4 is 9.62 Å². The summed E-state index contributed by atoms with van der Waals surface area (Å²) >= 11 is 6.06. The highest BCUT2D eigenvalue weighted by atomic mass is 35.5. The number of para-hydroxylation sites is 1. The Morgan fingerprint density at radius 2 is 1.88 bits per heavy atom. The van der Waals surface area contributed by atoms with Crippen LogP contribution in [0.5, 0.6) is 0 Å². The summed E-state index contributed by atoms with van der Waals surface area (Å²) < 4.78 is 39.7. The van der Waals surface area contributed by atoms with Gasteiger partial charge in [-0.2, -0.15) is 0 Å². The lowest BCUT2D eigenvalue weighted by Crippen LogP contribution is -2.47. The average Bonchev–Trinajstić information content (AvgIpc) is 2.56. The van der Waals surface area contributed by atoms with Gasteiger partial charge < -0.3 is 5.32 Å². The van der Waals surface area contributed by atoms with Gasteiger partial charge in [-0.05, 0) is 43.2 Å². The van der Waals surface area contributed by atoms with Crippen molar-refractivity contribution in [3.8, 4) is 0 Å². The molecule has 0 bridgehead atoms. The summed E-state index contributed by atoms with van der Waals surface area (Å²) in [4.78, 5) is 12.8. The maximum Gasteiger partial charge on any atom is 0.248 e. The number of carbonyl (C=O) groups is 1. The van der Waals surface area contributed by atoms with E-state index in [1.807, 2.05) is 0 Å². The van der Waals surface area contributed by atoms with Crippen LogP contribution in [0.4, 0.5) is 15.8 Å². The lowest BCUT2D eigenvalue weighted by atomic mass is 10.1. The van der Waals surface area contributed by atoms with Gasteiger partial charge in [0.25, 0.3) is 0 Å². The van der Waals surface area contributed by atoms with Gasteiger partial charge in [-0.3, -0.25) is 9.10 Å². The molecule has 2 aromatic rings. The number of anilines is 2. The molecule has 0 unspecified atom stereocenters. The summed E-state index contributed by atoms with van der Waals surface area (Å²) in [7, 11) is -3.90. The minimum atomic E-state index is -3.90. The SMILES string of the molecule is CC[C@@H](C(=O)Nc1cccc(Cl)c1C)N(c1ccccc1F)S(C)(=O)=O. The molecule has 0 aliphatic carbocycles. The van der Waals surface area contributed by atoms with Crippen LogP contribution in [0.25, 0.3) is 0 Å². The quantitative estimate of drug-likeness (QED) is 0.800. The number of hydrogen-bond acceptors (Lipinski definition) is 3. The first kappa shape index (κ1) is 20.2. The van der Waals surface area contributed by atoms with Gasteiger partial charge in [-0.1, -0.05) is 36.7 Å². The Hall–Kier alpha value is -2.12. The summed E-state index contributed by atoms with van der Waals surface area (Å²) in [6.45, 7) is 3.40. The Morgan fingerprint density at radius 3 is 2.46 bits per heavy atom. The highest BCUT2D eigenvalue weighted by Gasteiger charge is 2.33. The summed E-state index contributed by atoms with van der Waals surface area (Å²) in [5, 5.41) is 3.17. The molecule has 5 nitrogen and oxygen atoms in total. The number of hydrogen-bond donors (Lipinski definition) is 1. The molecule has 0 spiro atoms. The van der Waals surface area contributed by atoms with Gasteiger partial charge in [0.15, 0.2) is 0 Å². The normalized spacial score (nSPS) is 12.5. The van der Waals surface area contributed by atoms with Crippen molar-refractivity contribution in [2.75, 3.05) is 15.9 Å². The zero-order chi connectivity index (χ0) is 19.5. The topological polar surface area (TPSA) is 66.5 Å². The Morgan fingerprint density at radius 1 is 1.23 bits per heavy atom. The summed E-state index contributed by atoms with van der Waals surface area (Å²) in [5.74, 6) is -1.28. The van der Waals surface area contributed by atoms with E-state index in [2.05, 4.69) is 5.32 Å². The molecule has 0 saturated heterocycles. The minimum Gasteiger partial charge on any atom is -0.324 e. The van der Waals surface area contributed by atoms with E-state index in [9.17, 15) is 17.6 Å². The molecule has 0 saturated carbocycles. The molecular weight excluding hydrogens is 379 g/mol. The van der Waals surface area contributed by atoms with Gasteiger partial charge in [-0.15, -0.1) is 0 Å². The van der Waals surface area contributed by atoms with E-state index in [0.717, 1.165) is 16.6 Å². The van der Waals surface area contributed by atoms with E-state index < -0.39 is 27.8 Å². The van der Waals surface area contributed by atoms with Gasteiger partial charge in [0.05, 0.1) is 11.9 Å². The Labute approximate surface area is 157 Å². The Kier molecular flexibility index (Phi) is 6.26. The summed E-state index contributed by atoms with van der Waals surface area (Å²) in [6, 6.07) is 9.37. The predicted molar refractivity (Wildman–Crippen MR) is 103 cm³/mol. The largest absolute Gasteiger partial charge is 0.324 e. The molecular formula is C18H20ClFN2O3S. The molecule has 0 heterocycles. The van der Waals surface area contributed by atoms with Crippen LogP contribution in [0.1, 0.15) is 18.9 Å². The van der Waals surface area contributed by atoms with Gasteiger partial charge in [0, 0.05) is 10.7 Å². The van der Waals surface area contributed by atoms with E-state index in [1.165, 1.54) is 18.2 Å². The van der Waals surface area contributed by atoms with Crippen LogP contribution >= 0.6 is 11.6 Å². The second kappa shape index (κ2) is 8.05. The summed E-state index contributed by atoms with van der Waals surface area (Å²) in [5.41, 5.74) is 0.969. The second-order valence-corrected chi connectivity index (χ2v) is 8.10. The number of carbonyl (C=O) groups excluding carboxylic acids is 1. The van der Waals surface area contributed by atoms with Crippen LogP contribution in [0.3, 0.4) is 0 Å². The van der Waals surface area contributed by atoms with E-state index in [0.29, 0.717) is 16.3 Å². The van der Waals surface area contributed by atoms with Crippen molar-refractivity contribution in [1.29, 1.82) is 0 Å². The molecule has 1 amide bonds. The van der Waals surface area contributed by atoms with Crippen molar-refractivity contribution in [2.24, 2.45) is 0 Å². The third-order valence-electron chi connectivity index (χ3n) is 3.95. The van der Waals surface area contributed by atoms with Crippen LogP contribution in [0.15, 0.2) is 42.5 Å². The van der Waals surface area contributed by atoms with Crippen LogP contribution in [-0.4, -0.2) is 26.6 Å². The molecule has 2 aromatic carbocycles. The van der Waals surface area contributed by atoms with E-state index in [-0.39, 0.29) is 12.1 Å². The van der Waals surface area contributed by atoms with Crippen molar-refractivity contribution in [1.82, 2.24) is 0 Å². The number of halogens is 2. The lowest BCUT2D eigenvalue weighted by molar-refractivity contribution is -0.117. The second-order valence-electron chi connectivity index (χ2n) is 5.84. The van der Waals surface area contributed by atoms with Gasteiger partial charge in [0.1, 0.15) is 11.9 Å². The minimum absolute atomic E-state index is 0.160. The van der Waals surface area contributed by atoms with Gasteiger partial charge in [-0.25, -0.2) is 12.8 Å². The molecule has 0 aromatic heterocycles. The first-order chi connectivity index (χ1) is 12.2. The first-order valence-electron chi connectivity index (χ1n) is 7.96. The lowest BCUT2D eigenvalue weighted by Gasteiger charge is -2.30. The smallest absolute Gasteiger partial charge is 0.248 e.